The van der Waals surface area contributed by atoms with Gasteiger partial charge in [-0.25, -0.2) is 0 Å². The molecule has 0 radical (unpaired) electrons. The molecule has 0 atom stereocenters. The normalized spacial score (nSPS) is 20.0. The summed E-state index contributed by atoms with van der Waals surface area (Å²) in [5, 5.41) is 0. The van der Waals surface area contributed by atoms with Crippen molar-refractivity contribution in [3.05, 3.63) is 43.0 Å². The predicted octanol–water partition coefficient (Wildman–Crippen LogP) is 5.94. The first kappa shape index (κ1) is 23.4. The molecule has 23 heavy (non-hydrogen) atoms. The third-order valence-electron chi connectivity index (χ3n) is 4.70. The van der Waals surface area contributed by atoms with Crippen molar-refractivity contribution in [2.24, 2.45) is 0 Å². The van der Waals surface area contributed by atoms with E-state index in [0.717, 1.165) is 12.8 Å². The molecule has 0 aromatic rings. The fourth-order valence-corrected chi connectivity index (χ4v) is 33.3. The summed E-state index contributed by atoms with van der Waals surface area (Å²) in [5.74, 6) is 0. The van der Waals surface area contributed by atoms with E-state index in [0.29, 0.717) is 6.61 Å². The van der Waals surface area contributed by atoms with Gasteiger partial charge in [0, 0.05) is 0 Å². The predicted molar refractivity (Wildman–Crippen MR) is 107 cm³/mol. The van der Waals surface area contributed by atoms with Crippen LogP contribution in [0.5, 0.6) is 0 Å². The van der Waals surface area contributed by atoms with E-state index in [4.69, 9.17) is 9.53 Å². The summed E-state index contributed by atoms with van der Waals surface area (Å²) in [7, 11) is -1.84. The van der Waals surface area contributed by atoms with Crippen LogP contribution in [0, 0.1) is 0 Å². The van der Waals surface area contributed by atoms with Crippen molar-refractivity contribution >= 4 is 37.3 Å². The first-order valence-electron chi connectivity index (χ1n) is 7.90. The molecule has 2 rings (SSSR count). The summed E-state index contributed by atoms with van der Waals surface area (Å²) in [4.78, 5) is 0. The Morgan fingerprint density at radius 3 is 1.74 bits per heavy atom. The molecule has 0 spiro atoms. The number of hydrogen-bond acceptors (Lipinski definition) is 2. The van der Waals surface area contributed by atoms with Crippen LogP contribution in [0.1, 0.15) is 19.8 Å². The molecule has 0 N–H and O–H groups in total. The van der Waals surface area contributed by atoms with Gasteiger partial charge in [-0.1, -0.05) is 0 Å². The molecular weight excluding hydrogens is 426 g/mol. The monoisotopic (exact) mass is 455 g/mol. The van der Waals surface area contributed by atoms with Crippen molar-refractivity contribution in [1.82, 2.24) is 0 Å². The maximum atomic E-state index is 7.00. The second-order valence-corrected chi connectivity index (χ2v) is 30.0. The van der Waals surface area contributed by atoms with Crippen LogP contribution in [0.25, 0.3) is 0 Å². The molecule has 6 heteroatoms. The Hall–Kier alpha value is 0.430. The van der Waals surface area contributed by atoms with Gasteiger partial charge in [-0.3, -0.25) is 0 Å². The quantitative estimate of drug-likeness (QED) is 0.460. The van der Waals surface area contributed by atoms with E-state index in [2.05, 4.69) is 67.7 Å². The molecule has 0 amide bonds. The van der Waals surface area contributed by atoms with E-state index in [1.165, 1.54) is 6.56 Å². The average molecular weight is 458 g/mol. The number of rotatable bonds is 6. The maximum absolute atomic E-state index is 7.00. The molecule has 0 heterocycles. The zero-order valence-corrected chi connectivity index (χ0v) is 20.0. The van der Waals surface area contributed by atoms with Gasteiger partial charge in [-0.2, -0.15) is 0 Å². The fourth-order valence-electron chi connectivity index (χ4n) is 3.97. The van der Waals surface area contributed by atoms with Crippen LogP contribution in [0.2, 0.25) is 24.3 Å². The van der Waals surface area contributed by atoms with Gasteiger partial charge in [0.2, 0.25) is 0 Å². The molecular formula is C17H31Cl2O2SiZr. The van der Waals surface area contributed by atoms with Crippen LogP contribution in [0.15, 0.2) is 43.0 Å². The van der Waals surface area contributed by atoms with Crippen molar-refractivity contribution in [2.75, 3.05) is 6.61 Å². The summed E-state index contributed by atoms with van der Waals surface area (Å²) < 4.78 is 23.3. The Morgan fingerprint density at radius 1 is 1.04 bits per heavy atom. The van der Waals surface area contributed by atoms with Crippen LogP contribution in [0.4, 0.5) is 0 Å². The van der Waals surface area contributed by atoms with Gasteiger partial charge >= 0.3 is 129 Å². The summed E-state index contributed by atoms with van der Waals surface area (Å²) in [5.41, 5.74) is 0. The molecule has 0 aromatic carbocycles. The molecule has 2 nitrogen and oxygen atoms in total. The number of hydrogen-bond donors (Lipinski definition) is 0. The van der Waals surface area contributed by atoms with Gasteiger partial charge in [0.15, 0.2) is 0 Å². The molecule has 0 saturated heterocycles. The zero-order chi connectivity index (χ0) is 15.8. The van der Waals surface area contributed by atoms with Crippen molar-refractivity contribution in [3.8, 4) is 0 Å². The molecule has 2 aliphatic rings. The average Bonchev–Trinajstić information content (AvgIpc) is 3.02. The standard InChI is InChI=1S/2C5H5.C3H9OSi.C2H5O.CH3.CH2.2ClH.Zr/c2*1-2-4-5-3-1;1-5(2,3)4;1-2-3;;;;;/h2*1-3H,4H2;1-3H3;2H2,1H3;1H3;1H2;2*1H;/q;;2*-1;;;;;+2. The molecule has 0 bridgehead atoms. The summed E-state index contributed by atoms with van der Waals surface area (Å²) in [6.07, 6.45) is 14.8. The van der Waals surface area contributed by atoms with Gasteiger partial charge < -0.3 is 0 Å². The Bertz CT molecular complexity index is 633. The van der Waals surface area contributed by atoms with E-state index in [1.54, 1.807) is 0 Å². The first-order valence-corrected chi connectivity index (χ1v) is 20.0. The Morgan fingerprint density at radius 2 is 1.48 bits per heavy atom. The SMILES string of the molecule is Cl.Cl.[CH2]=[Zr]([CH3])([O]CC)([O][Si](C)(C)C)([C]1=CC=CC1)[C]1=CC=CC1. The van der Waals surface area contributed by atoms with E-state index in [-0.39, 0.29) is 24.8 Å². The van der Waals surface area contributed by atoms with Gasteiger partial charge in [0.1, 0.15) is 0 Å². The summed E-state index contributed by atoms with van der Waals surface area (Å²) >= 11 is -4.85. The Kier molecular flexibility index (Phi) is 7.11. The van der Waals surface area contributed by atoms with Crippen LogP contribution in [-0.4, -0.2) is 19.1 Å². The third-order valence-corrected chi connectivity index (χ3v) is 29.4. The van der Waals surface area contributed by atoms with Crippen molar-refractivity contribution < 1.29 is 23.0 Å². The Balaban J connectivity index is 0.00000242. The van der Waals surface area contributed by atoms with Gasteiger partial charge in [0.05, 0.1) is 0 Å². The molecule has 133 valence electrons. The minimum absolute atomic E-state index is 0. The third kappa shape index (κ3) is 3.99. The van der Waals surface area contributed by atoms with Crippen molar-refractivity contribution in [3.63, 3.8) is 0 Å². The topological polar surface area (TPSA) is 18.5 Å². The van der Waals surface area contributed by atoms with E-state index in [1.807, 2.05) is 0 Å². The zero-order valence-electron chi connectivity index (χ0n) is 14.9. The minimum atomic E-state index is -4.85. The van der Waals surface area contributed by atoms with E-state index < -0.39 is 26.0 Å². The van der Waals surface area contributed by atoms with Crippen molar-refractivity contribution in [1.29, 1.82) is 0 Å². The van der Waals surface area contributed by atoms with E-state index >= 15 is 0 Å². The van der Waals surface area contributed by atoms with Gasteiger partial charge in [-0.05, 0) is 0 Å². The van der Waals surface area contributed by atoms with Crippen LogP contribution in [-0.2, 0) is 23.0 Å². The van der Waals surface area contributed by atoms with Gasteiger partial charge in [0.25, 0.3) is 0 Å². The molecule has 0 saturated carbocycles. The van der Waals surface area contributed by atoms with Crippen LogP contribution in [0.3, 0.4) is 0 Å². The molecule has 0 aromatic heterocycles. The second kappa shape index (κ2) is 6.97. The fraction of sp³-hybridized carbons (Fsp3) is 0.471. The van der Waals surface area contributed by atoms with E-state index in [9.17, 15) is 0 Å². The Labute approximate surface area is 153 Å². The molecule has 0 fully saturated rings. The molecule has 2 aliphatic carbocycles. The number of allylic oxidation sites excluding steroid dienone is 8. The first-order chi connectivity index (χ1) is 9.56. The number of halogens is 2. The summed E-state index contributed by atoms with van der Waals surface area (Å²) in [6.45, 7) is 9.40. The van der Waals surface area contributed by atoms with Crippen LogP contribution < -0.4 is 0 Å². The van der Waals surface area contributed by atoms with Crippen LogP contribution >= 0.6 is 24.8 Å². The van der Waals surface area contributed by atoms with Crippen molar-refractivity contribution in [2.45, 2.75) is 44.0 Å². The summed E-state index contributed by atoms with van der Waals surface area (Å²) in [6, 6.07) is 0. The molecule has 0 aliphatic heterocycles. The molecule has 0 unspecified atom stereocenters. The second-order valence-electron chi connectivity index (χ2n) is 7.82. The van der Waals surface area contributed by atoms with Gasteiger partial charge in [-0.15, -0.1) is 24.8 Å².